The Labute approximate surface area is 349 Å². The van der Waals surface area contributed by atoms with Gasteiger partial charge in [-0.25, -0.2) is 0 Å². The van der Waals surface area contributed by atoms with Crippen LogP contribution in [0.25, 0.3) is 75.4 Å². The van der Waals surface area contributed by atoms with Crippen LogP contribution in [0.1, 0.15) is 51.3 Å². The lowest BCUT2D eigenvalue weighted by atomic mass is 9.44. The summed E-state index contributed by atoms with van der Waals surface area (Å²) in [5.74, 6) is 0. The summed E-state index contributed by atoms with van der Waals surface area (Å²) in [6.07, 6.45) is 0. The van der Waals surface area contributed by atoms with Crippen LogP contribution in [0.4, 0.5) is 17.1 Å². The minimum atomic E-state index is -0.161. The molecule has 0 saturated heterocycles. The van der Waals surface area contributed by atoms with Crippen LogP contribution in [0.15, 0.2) is 158 Å². The van der Waals surface area contributed by atoms with Gasteiger partial charge in [-0.05, 0) is 91.0 Å². The minimum absolute atomic E-state index is 0.0135. The number of para-hydroxylation sites is 1. The molecule has 0 unspecified atom stereocenters. The van der Waals surface area contributed by atoms with Crippen LogP contribution < -0.4 is 15.8 Å². The van der Waals surface area contributed by atoms with Crippen LogP contribution in [0.5, 0.6) is 0 Å². The fraction of sp³-hybridized carbons (Fsp3) is 0.127. The molecule has 0 N–H and O–H groups in total. The fourth-order valence-corrected chi connectivity index (χ4v) is 12.3. The third kappa shape index (κ3) is 4.32. The maximum Gasteiger partial charge on any atom is 0.333 e. The van der Waals surface area contributed by atoms with Crippen LogP contribution in [0, 0.1) is 0 Å². The molecule has 4 heterocycles. The standard InChI is InChI=1S/C55H41BN2S/c1-54(2,3)34-26-27-46(40(29-34)32-16-7-6-8-17-32)57-47-31-44-41(36-20-11-13-24-43(36)55(44,4)5)30-45(47)56-49-42(28-33-18-9-10-19-35(33)51(49)57)37-22-15-23-39-50(37)58(56)52-38-21-12-14-25-48(38)59-53(39)52/h6-31H,1-5H3. The highest BCUT2D eigenvalue weighted by molar-refractivity contribution is 7.27. The molecule has 1 aliphatic carbocycles. The monoisotopic (exact) mass is 772 g/mol. The lowest BCUT2D eigenvalue weighted by Crippen LogP contribution is -2.57. The van der Waals surface area contributed by atoms with E-state index in [0.717, 1.165) is 0 Å². The highest BCUT2D eigenvalue weighted by Gasteiger charge is 2.47. The van der Waals surface area contributed by atoms with Gasteiger partial charge in [0.15, 0.2) is 0 Å². The van der Waals surface area contributed by atoms with Gasteiger partial charge >= 0.3 is 6.85 Å². The molecule has 280 valence electrons. The number of fused-ring (bicyclic) bond motifs is 14. The largest absolute Gasteiger partial charge is 0.374 e. The third-order valence-corrected chi connectivity index (χ3v) is 15.1. The molecule has 8 aromatic carbocycles. The molecule has 13 rings (SSSR count). The molecule has 10 aromatic rings. The molecule has 0 radical (unpaired) electrons. The number of benzene rings is 8. The average molecular weight is 773 g/mol. The quantitative estimate of drug-likeness (QED) is 0.159. The Morgan fingerprint density at radius 2 is 1.27 bits per heavy atom. The van der Waals surface area contributed by atoms with Gasteiger partial charge in [0.25, 0.3) is 0 Å². The number of thiophene rings is 1. The van der Waals surface area contributed by atoms with Gasteiger partial charge in [0.2, 0.25) is 0 Å². The van der Waals surface area contributed by atoms with Crippen LogP contribution in [0.3, 0.4) is 0 Å². The first-order valence-corrected chi connectivity index (χ1v) is 21.8. The van der Waals surface area contributed by atoms with Crippen molar-refractivity contribution in [3.63, 3.8) is 0 Å². The zero-order chi connectivity index (χ0) is 39.5. The van der Waals surface area contributed by atoms with Gasteiger partial charge in [0.1, 0.15) is 0 Å². The molecular weight excluding hydrogens is 731 g/mol. The molecule has 0 bridgehead atoms. The van der Waals surface area contributed by atoms with Gasteiger partial charge in [-0.3, -0.25) is 0 Å². The molecule has 0 amide bonds. The molecule has 0 saturated carbocycles. The topological polar surface area (TPSA) is 8.17 Å². The molecule has 59 heavy (non-hydrogen) atoms. The number of nitrogens with zero attached hydrogens (tertiary/aromatic N) is 2. The fourth-order valence-electron chi connectivity index (χ4n) is 11.1. The van der Waals surface area contributed by atoms with Crippen LogP contribution in [-0.2, 0) is 10.8 Å². The zero-order valence-corrected chi connectivity index (χ0v) is 34.7. The van der Waals surface area contributed by atoms with Gasteiger partial charge in [0.05, 0.1) is 21.6 Å². The summed E-state index contributed by atoms with van der Waals surface area (Å²) in [4.78, 5) is 2.68. The zero-order valence-electron chi connectivity index (χ0n) is 33.9. The first-order valence-electron chi connectivity index (χ1n) is 21.0. The van der Waals surface area contributed by atoms with Crippen molar-refractivity contribution in [1.29, 1.82) is 0 Å². The number of anilines is 3. The summed E-state index contributed by atoms with van der Waals surface area (Å²) < 4.78 is 5.48. The number of hydrogen-bond acceptors (Lipinski definition) is 2. The summed E-state index contributed by atoms with van der Waals surface area (Å²) >= 11 is 1.94. The van der Waals surface area contributed by atoms with Crippen molar-refractivity contribution in [1.82, 2.24) is 4.48 Å². The summed E-state index contributed by atoms with van der Waals surface area (Å²) in [7, 11) is 0. The number of rotatable bonds is 2. The minimum Gasteiger partial charge on any atom is -0.374 e. The Hall–Kier alpha value is -6.36. The summed E-state index contributed by atoms with van der Waals surface area (Å²) in [5.41, 5.74) is 21.0. The molecule has 4 heteroatoms. The number of hydrogen-bond donors (Lipinski definition) is 0. The molecule has 3 aliphatic rings. The van der Waals surface area contributed by atoms with Gasteiger partial charge < -0.3 is 9.38 Å². The van der Waals surface area contributed by atoms with Crippen molar-refractivity contribution in [2.45, 2.75) is 45.4 Å². The molecule has 0 fully saturated rings. The van der Waals surface area contributed by atoms with Gasteiger partial charge in [0, 0.05) is 48.6 Å². The second-order valence-electron chi connectivity index (χ2n) is 18.5. The Kier molecular flexibility index (Phi) is 6.51. The highest BCUT2D eigenvalue weighted by atomic mass is 32.1. The van der Waals surface area contributed by atoms with E-state index in [1.165, 1.54) is 120 Å². The third-order valence-electron chi connectivity index (χ3n) is 13.9. The SMILES string of the molecule is CC(C)(C)c1ccc(N2c3cc4c(cc3B3c5c(cc6ccccc6c52)-c2cccc5c6sc7ccccc7c6n3c25)-c2ccccc2C4(C)C)c(-c2ccccc2)c1. The first kappa shape index (κ1) is 33.6. The van der Waals surface area contributed by atoms with Crippen molar-refractivity contribution in [2.24, 2.45) is 0 Å². The van der Waals surface area contributed by atoms with Crippen molar-refractivity contribution in [3.8, 4) is 33.4 Å². The van der Waals surface area contributed by atoms with E-state index in [1.807, 2.05) is 11.3 Å². The summed E-state index contributed by atoms with van der Waals surface area (Å²) in [6.45, 7) is 11.8. The Morgan fingerprint density at radius 3 is 2.12 bits per heavy atom. The van der Waals surface area contributed by atoms with E-state index in [-0.39, 0.29) is 17.7 Å². The van der Waals surface area contributed by atoms with Crippen molar-refractivity contribution in [3.05, 3.63) is 174 Å². The highest BCUT2D eigenvalue weighted by Crippen LogP contribution is 2.55. The van der Waals surface area contributed by atoms with E-state index in [2.05, 4.69) is 202 Å². The first-order chi connectivity index (χ1) is 28.7. The van der Waals surface area contributed by atoms with Crippen LogP contribution in [-0.4, -0.2) is 11.3 Å². The average Bonchev–Trinajstić information content (AvgIpc) is 3.87. The molecule has 0 spiro atoms. The predicted octanol–water partition coefficient (Wildman–Crippen LogP) is 13.9. The van der Waals surface area contributed by atoms with E-state index in [1.54, 1.807) is 0 Å². The normalized spacial score (nSPS) is 14.6. The summed E-state index contributed by atoms with van der Waals surface area (Å²) in [6, 6.07) is 60.3. The van der Waals surface area contributed by atoms with E-state index in [4.69, 9.17) is 0 Å². The predicted molar refractivity (Wildman–Crippen MR) is 255 cm³/mol. The number of aromatic nitrogens is 1. The second-order valence-corrected chi connectivity index (χ2v) is 19.5. The van der Waals surface area contributed by atoms with Crippen LogP contribution >= 0.6 is 11.3 Å². The van der Waals surface area contributed by atoms with Crippen molar-refractivity contribution in [2.75, 3.05) is 4.90 Å². The Bertz CT molecular complexity index is 3470. The lowest BCUT2D eigenvalue weighted by Gasteiger charge is -2.42. The maximum absolute atomic E-state index is 2.76. The maximum atomic E-state index is 2.76. The molecule has 2 aliphatic heterocycles. The Balaban J connectivity index is 1.24. The Morgan fingerprint density at radius 1 is 0.542 bits per heavy atom. The van der Waals surface area contributed by atoms with E-state index >= 15 is 0 Å². The van der Waals surface area contributed by atoms with E-state index in [9.17, 15) is 0 Å². The second kappa shape index (κ2) is 11.4. The van der Waals surface area contributed by atoms with E-state index < -0.39 is 0 Å². The smallest absolute Gasteiger partial charge is 0.333 e. The molecule has 2 aromatic heterocycles. The van der Waals surface area contributed by atoms with Gasteiger partial charge in [-0.1, -0.05) is 162 Å². The van der Waals surface area contributed by atoms with Gasteiger partial charge in [-0.15, -0.1) is 11.3 Å². The van der Waals surface area contributed by atoms with Gasteiger partial charge in [-0.2, -0.15) is 0 Å². The van der Waals surface area contributed by atoms with Crippen molar-refractivity contribution >= 4 is 88.2 Å². The summed E-state index contributed by atoms with van der Waals surface area (Å²) in [5, 5.41) is 5.22. The van der Waals surface area contributed by atoms with E-state index in [0.29, 0.717) is 0 Å². The molecule has 2 nitrogen and oxygen atoms in total. The van der Waals surface area contributed by atoms with Crippen molar-refractivity contribution < 1.29 is 0 Å². The molecule has 0 atom stereocenters. The lowest BCUT2D eigenvalue weighted by molar-refractivity contribution is 0.590. The van der Waals surface area contributed by atoms with Crippen LogP contribution in [0.2, 0.25) is 0 Å². The molecular formula is C55H41BN2S.